The van der Waals surface area contributed by atoms with Crippen LogP contribution in [0.4, 0.5) is 0 Å². The second-order valence-electron chi connectivity index (χ2n) is 6.64. The van der Waals surface area contributed by atoms with Crippen molar-refractivity contribution in [2.24, 2.45) is 0 Å². The molecule has 4 aromatic heterocycles. The zero-order chi connectivity index (χ0) is 18.8. The molecule has 0 saturated carbocycles. The second kappa shape index (κ2) is 7.62. The predicted molar refractivity (Wildman–Crippen MR) is 111 cm³/mol. The molecule has 0 aliphatic heterocycles. The molecule has 0 aromatic carbocycles. The molecule has 0 fully saturated rings. The molecule has 4 heterocycles. The minimum Gasteiger partial charge on any atom is -0.349 e. The summed E-state index contributed by atoms with van der Waals surface area (Å²) in [5.74, 6) is -0.0797. The normalized spacial score (nSPS) is 12.4. The lowest BCUT2D eigenvalue weighted by molar-refractivity contribution is 0.0941. The Morgan fingerprint density at radius 1 is 1.33 bits per heavy atom. The number of hydrogen-bond acceptors (Lipinski definition) is 5. The molecule has 0 aliphatic carbocycles. The molecule has 1 amide bonds. The van der Waals surface area contributed by atoms with Crippen molar-refractivity contribution in [3.05, 3.63) is 68.3 Å². The van der Waals surface area contributed by atoms with Crippen LogP contribution in [0, 0.1) is 6.92 Å². The van der Waals surface area contributed by atoms with Crippen LogP contribution in [0.1, 0.15) is 33.4 Å². The SMILES string of the molecule is Cc1cc(C(=O)NC(C)Cc2ccsc2)c2cnn(Cc3cccs3)c2n1. The average Bonchev–Trinajstić information content (AvgIpc) is 3.38. The van der Waals surface area contributed by atoms with Crippen LogP contribution in [-0.2, 0) is 13.0 Å². The van der Waals surface area contributed by atoms with E-state index in [1.165, 1.54) is 10.4 Å². The fourth-order valence-electron chi connectivity index (χ4n) is 3.14. The zero-order valence-corrected chi connectivity index (χ0v) is 16.8. The van der Waals surface area contributed by atoms with Gasteiger partial charge in [-0.15, -0.1) is 11.3 Å². The number of hydrogen-bond donors (Lipinski definition) is 1. The first kappa shape index (κ1) is 17.9. The van der Waals surface area contributed by atoms with Gasteiger partial charge in [-0.3, -0.25) is 4.79 Å². The van der Waals surface area contributed by atoms with E-state index >= 15 is 0 Å². The van der Waals surface area contributed by atoms with E-state index in [0.717, 1.165) is 23.1 Å². The van der Waals surface area contributed by atoms with E-state index in [0.29, 0.717) is 12.1 Å². The number of nitrogens with zero attached hydrogens (tertiary/aromatic N) is 3. The topological polar surface area (TPSA) is 59.8 Å². The smallest absolute Gasteiger partial charge is 0.252 e. The van der Waals surface area contributed by atoms with Gasteiger partial charge in [0.15, 0.2) is 5.65 Å². The minimum absolute atomic E-state index is 0.0526. The molecule has 27 heavy (non-hydrogen) atoms. The van der Waals surface area contributed by atoms with Gasteiger partial charge in [-0.25, -0.2) is 9.67 Å². The Bertz CT molecular complexity index is 1050. The molecular weight excluding hydrogens is 376 g/mol. The summed E-state index contributed by atoms with van der Waals surface area (Å²) in [6, 6.07) is 8.09. The summed E-state index contributed by atoms with van der Waals surface area (Å²) in [5.41, 5.74) is 3.44. The third-order valence-corrected chi connectivity index (χ3v) is 5.96. The number of aryl methyl sites for hydroxylation is 1. The van der Waals surface area contributed by atoms with Crippen molar-refractivity contribution in [1.29, 1.82) is 0 Å². The molecule has 1 N–H and O–H groups in total. The lowest BCUT2D eigenvalue weighted by Gasteiger charge is -2.14. The molecule has 0 aliphatic rings. The molecule has 1 unspecified atom stereocenters. The Hall–Kier alpha value is -2.51. The summed E-state index contributed by atoms with van der Waals surface area (Å²) < 4.78 is 1.86. The number of amides is 1. The maximum Gasteiger partial charge on any atom is 0.252 e. The van der Waals surface area contributed by atoms with E-state index in [2.05, 4.69) is 38.3 Å². The van der Waals surface area contributed by atoms with Gasteiger partial charge in [-0.2, -0.15) is 16.4 Å². The van der Waals surface area contributed by atoms with Gasteiger partial charge in [0.2, 0.25) is 0 Å². The number of nitrogens with one attached hydrogen (secondary N) is 1. The number of fused-ring (bicyclic) bond motifs is 1. The van der Waals surface area contributed by atoms with E-state index in [-0.39, 0.29) is 11.9 Å². The fraction of sp³-hybridized carbons (Fsp3) is 0.250. The van der Waals surface area contributed by atoms with Crippen molar-refractivity contribution in [3.8, 4) is 0 Å². The number of rotatable bonds is 6. The van der Waals surface area contributed by atoms with Crippen molar-refractivity contribution < 1.29 is 4.79 Å². The summed E-state index contributed by atoms with van der Waals surface area (Å²) in [5, 5.41) is 14.6. The molecule has 0 saturated heterocycles. The van der Waals surface area contributed by atoms with E-state index in [9.17, 15) is 4.79 Å². The van der Waals surface area contributed by atoms with Gasteiger partial charge in [0.25, 0.3) is 5.91 Å². The average molecular weight is 397 g/mol. The Kier molecular flexibility index (Phi) is 5.05. The van der Waals surface area contributed by atoms with Gasteiger partial charge in [0.05, 0.1) is 23.7 Å². The largest absolute Gasteiger partial charge is 0.349 e. The van der Waals surface area contributed by atoms with E-state index in [1.807, 2.05) is 36.0 Å². The van der Waals surface area contributed by atoms with Crippen LogP contribution in [0.5, 0.6) is 0 Å². The lowest BCUT2D eigenvalue weighted by atomic mass is 10.1. The van der Waals surface area contributed by atoms with Gasteiger partial charge in [0, 0.05) is 16.6 Å². The lowest BCUT2D eigenvalue weighted by Crippen LogP contribution is -2.34. The second-order valence-corrected chi connectivity index (χ2v) is 8.45. The van der Waals surface area contributed by atoms with Gasteiger partial charge in [-0.1, -0.05) is 6.07 Å². The number of aromatic nitrogens is 3. The van der Waals surface area contributed by atoms with Crippen molar-refractivity contribution in [3.63, 3.8) is 0 Å². The molecule has 1 atom stereocenters. The highest BCUT2D eigenvalue weighted by atomic mass is 32.1. The predicted octanol–water partition coefficient (Wildman–Crippen LogP) is 4.27. The Morgan fingerprint density at radius 2 is 2.22 bits per heavy atom. The Morgan fingerprint density at radius 3 is 2.96 bits per heavy atom. The van der Waals surface area contributed by atoms with Gasteiger partial charge >= 0.3 is 0 Å². The molecule has 0 bridgehead atoms. The van der Waals surface area contributed by atoms with Crippen LogP contribution in [0.2, 0.25) is 0 Å². The summed E-state index contributed by atoms with van der Waals surface area (Å²) >= 11 is 3.36. The van der Waals surface area contributed by atoms with Crippen molar-refractivity contribution in [2.75, 3.05) is 0 Å². The van der Waals surface area contributed by atoms with Crippen LogP contribution < -0.4 is 5.32 Å². The molecule has 7 heteroatoms. The van der Waals surface area contributed by atoms with Crippen LogP contribution in [0.25, 0.3) is 11.0 Å². The summed E-state index contributed by atoms with van der Waals surface area (Å²) in [6.07, 6.45) is 2.56. The molecule has 4 rings (SSSR count). The van der Waals surface area contributed by atoms with E-state index < -0.39 is 0 Å². The first-order chi connectivity index (χ1) is 13.1. The standard InChI is InChI=1S/C20H20N4OS2/c1-13(8-15-5-7-26-12-15)23-20(25)17-9-14(2)22-19-18(17)10-21-24(19)11-16-4-3-6-27-16/h3-7,9-10,12-13H,8,11H2,1-2H3,(H,23,25). The highest BCUT2D eigenvalue weighted by molar-refractivity contribution is 7.09. The molecule has 5 nitrogen and oxygen atoms in total. The number of carbonyl (C=O) groups excluding carboxylic acids is 1. The van der Waals surface area contributed by atoms with Crippen LogP contribution in [-0.4, -0.2) is 26.7 Å². The molecular formula is C20H20N4OS2. The van der Waals surface area contributed by atoms with E-state index in [1.54, 1.807) is 28.9 Å². The van der Waals surface area contributed by atoms with E-state index in [4.69, 9.17) is 0 Å². The van der Waals surface area contributed by atoms with Gasteiger partial charge in [-0.05, 0) is 60.2 Å². The van der Waals surface area contributed by atoms with Crippen molar-refractivity contribution >= 4 is 39.6 Å². The van der Waals surface area contributed by atoms with Gasteiger partial charge < -0.3 is 5.32 Å². The highest BCUT2D eigenvalue weighted by Gasteiger charge is 2.18. The minimum atomic E-state index is -0.0797. The van der Waals surface area contributed by atoms with Crippen LogP contribution in [0.15, 0.2) is 46.6 Å². The molecule has 138 valence electrons. The van der Waals surface area contributed by atoms with Gasteiger partial charge in [0.1, 0.15) is 0 Å². The number of pyridine rings is 1. The first-order valence-electron chi connectivity index (χ1n) is 8.77. The number of carbonyl (C=O) groups is 1. The fourth-order valence-corrected chi connectivity index (χ4v) is 4.51. The summed E-state index contributed by atoms with van der Waals surface area (Å²) in [4.78, 5) is 18.7. The maximum atomic E-state index is 12.9. The Balaban J connectivity index is 1.59. The third-order valence-electron chi connectivity index (χ3n) is 4.37. The van der Waals surface area contributed by atoms with Crippen molar-refractivity contribution in [1.82, 2.24) is 20.1 Å². The highest BCUT2D eigenvalue weighted by Crippen LogP contribution is 2.21. The molecule has 4 aromatic rings. The molecule has 0 spiro atoms. The van der Waals surface area contributed by atoms with Crippen molar-refractivity contribution in [2.45, 2.75) is 32.9 Å². The Labute approximate surface area is 165 Å². The monoisotopic (exact) mass is 396 g/mol. The zero-order valence-electron chi connectivity index (χ0n) is 15.2. The van der Waals surface area contributed by atoms with Crippen LogP contribution >= 0.6 is 22.7 Å². The number of thiophene rings is 2. The molecule has 0 radical (unpaired) electrons. The quantitative estimate of drug-likeness (QED) is 0.529. The first-order valence-corrected chi connectivity index (χ1v) is 10.6. The van der Waals surface area contributed by atoms with Crippen LogP contribution in [0.3, 0.4) is 0 Å². The third kappa shape index (κ3) is 3.94. The summed E-state index contributed by atoms with van der Waals surface area (Å²) in [7, 11) is 0. The summed E-state index contributed by atoms with van der Waals surface area (Å²) in [6.45, 7) is 4.60. The maximum absolute atomic E-state index is 12.9.